The van der Waals surface area contributed by atoms with Gasteiger partial charge < -0.3 is 9.73 Å². The van der Waals surface area contributed by atoms with Gasteiger partial charge in [-0.15, -0.1) is 0 Å². The zero-order valence-corrected chi connectivity index (χ0v) is 12.9. The summed E-state index contributed by atoms with van der Waals surface area (Å²) in [7, 11) is 0. The van der Waals surface area contributed by atoms with Crippen LogP contribution >= 0.6 is 11.6 Å². The number of rotatable bonds is 5. The first-order chi connectivity index (χ1) is 9.04. The monoisotopic (exact) mass is 279 g/mol. The Bertz CT molecular complexity index is 572. The molecule has 2 nitrogen and oxygen atoms in total. The molecule has 0 fully saturated rings. The molecule has 2 aromatic rings. The zero-order valence-electron chi connectivity index (χ0n) is 12.1. The van der Waals surface area contributed by atoms with E-state index in [1.807, 2.05) is 6.07 Å². The van der Waals surface area contributed by atoms with Gasteiger partial charge in [-0.3, -0.25) is 0 Å². The van der Waals surface area contributed by atoms with Gasteiger partial charge in [-0.05, 0) is 25.0 Å². The molecule has 2 rings (SSSR count). The average molecular weight is 280 g/mol. The fourth-order valence-corrected chi connectivity index (χ4v) is 2.60. The summed E-state index contributed by atoms with van der Waals surface area (Å²) >= 11 is 6.26. The van der Waals surface area contributed by atoms with Gasteiger partial charge in [0.1, 0.15) is 5.76 Å². The van der Waals surface area contributed by atoms with Crippen LogP contribution in [0.25, 0.3) is 11.0 Å². The Labute approximate surface area is 120 Å². The highest BCUT2D eigenvalue weighted by Gasteiger charge is 2.17. The maximum atomic E-state index is 6.26. The molecule has 0 saturated heterocycles. The third kappa shape index (κ3) is 2.96. The van der Waals surface area contributed by atoms with Crippen LogP contribution in [-0.2, 0) is 13.0 Å². The molecule has 0 spiro atoms. The molecule has 0 saturated carbocycles. The lowest BCUT2D eigenvalue weighted by Crippen LogP contribution is -2.22. The summed E-state index contributed by atoms with van der Waals surface area (Å²) in [6.07, 6.45) is 2.14. The molecule has 1 aromatic carbocycles. The lowest BCUT2D eigenvalue weighted by atomic mass is 10.0. The van der Waals surface area contributed by atoms with Gasteiger partial charge in [-0.1, -0.05) is 44.9 Å². The summed E-state index contributed by atoms with van der Waals surface area (Å²) in [6.45, 7) is 9.35. The highest BCUT2D eigenvalue weighted by Crippen LogP contribution is 2.34. The number of fused-ring (bicyclic) bond motifs is 1. The molecule has 0 radical (unpaired) electrons. The van der Waals surface area contributed by atoms with Gasteiger partial charge in [0.15, 0.2) is 5.58 Å². The number of hydrogen-bond donors (Lipinski definition) is 1. The predicted octanol–water partition coefficient (Wildman–Crippen LogP) is 4.85. The summed E-state index contributed by atoms with van der Waals surface area (Å²) in [5, 5.41) is 5.33. The molecule has 0 unspecified atom stereocenters. The second-order valence-corrected chi connectivity index (χ2v) is 5.77. The lowest BCUT2D eigenvalue weighted by Gasteiger charge is -2.07. The maximum absolute atomic E-state index is 6.26. The minimum atomic E-state index is 0.444. The van der Waals surface area contributed by atoms with Crippen LogP contribution in [-0.4, -0.2) is 6.04 Å². The first-order valence-electron chi connectivity index (χ1n) is 6.97. The summed E-state index contributed by atoms with van der Waals surface area (Å²) < 4.78 is 6.02. The molecule has 0 amide bonds. The molecule has 1 heterocycles. The SMILES string of the molecule is CCCc1c(CNC(C)C)oc2c(Cl)ccc(C)c12. The summed E-state index contributed by atoms with van der Waals surface area (Å²) in [4.78, 5) is 0. The Morgan fingerprint density at radius 1 is 1.32 bits per heavy atom. The van der Waals surface area contributed by atoms with E-state index < -0.39 is 0 Å². The molecule has 0 aliphatic heterocycles. The Balaban J connectivity index is 2.53. The second-order valence-electron chi connectivity index (χ2n) is 5.36. The smallest absolute Gasteiger partial charge is 0.153 e. The third-order valence-electron chi connectivity index (χ3n) is 3.35. The normalized spacial score (nSPS) is 11.7. The van der Waals surface area contributed by atoms with Crippen molar-refractivity contribution in [2.75, 3.05) is 0 Å². The van der Waals surface area contributed by atoms with Gasteiger partial charge in [-0.25, -0.2) is 0 Å². The molecule has 1 aromatic heterocycles. The number of aryl methyl sites for hydroxylation is 2. The van der Waals surface area contributed by atoms with Crippen molar-refractivity contribution in [1.29, 1.82) is 0 Å². The fourth-order valence-electron chi connectivity index (χ4n) is 2.41. The van der Waals surface area contributed by atoms with E-state index in [2.05, 4.69) is 39.1 Å². The van der Waals surface area contributed by atoms with Crippen molar-refractivity contribution in [3.63, 3.8) is 0 Å². The van der Waals surface area contributed by atoms with E-state index in [0.29, 0.717) is 11.1 Å². The van der Waals surface area contributed by atoms with Gasteiger partial charge in [0, 0.05) is 17.0 Å². The van der Waals surface area contributed by atoms with Crippen LogP contribution in [0.1, 0.15) is 44.1 Å². The average Bonchev–Trinajstić information content (AvgIpc) is 2.72. The molecule has 0 aliphatic rings. The van der Waals surface area contributed by atoms with Gasteiger partial charge >= 0.3 is 0 Å². The molecule has 1 N–H and O–H groups in total. The minimum absolute atomic E-state index is 0.444. The molecule has 19 heavy (non-hydrogen) atoms. The van der Waals surface area contributed by atoms with Crippen LogP contribution in [0, 0.1) is 6.92 Å². The van der Waals surface area contributed by atoms with Gasteiger partial charge in [-0.2, -0.15) is 0 Å². The first-order valence-corrected chi connectivity index (χ1v) is 7.35. The molecule has 104 valence electrons. The number of nitrogens with one attached hydrogen (secondary N) is 1. The Morgan fingerprint density at radius 2 is 2.05 bits per heavy atom. The number of benzene rings is 1. The van der Waals surface area contributed by atoms with Crippen LogP contribution < -0.4 is 5.32 Å². The topological polar surface area (TPSA) is 25.2 Å². The first kappa shape index (κ1) is 14.4. The molecule has 0 bridgehead atoms. The van der Waals surface area contributed by atoms with Gasteiger partial charge in [0.05, 0.1) is 11.6 Å². The zero-order chi connectivity index (χ0) is 14.0. The third-order valence-corrected chi connectivity index (χ3v) is 3.65. The van der Waals surface area contributed by atoms with Crippen molar-refractivity contribution < 1.29 is 4.42 Å². The van der Waals surface area contributed by atoms with E-state index in [4.69, 9.17) is 16.0 Å². The van der Waals surface area contributed by atoms with E-state index in [1.54, 1.807) is 0 Å². The van der Waals surface area contributed by atoms with Crippen LogP contribution in [0.3, 0.4) is 0 Å². The van der Waals surface area contributed by atoms with Crippen molar-refractivity contribution in [1.82, 2.24) is 5.32 Å². The summed E-state index contributed by atoms with van der Waals surface area (Å²) in [5.74, 6) is 1.03. The number of hydrogen-bond acceptors (Lipinski definition) is 2. The standard InChI is InChI=1S/C16H22ClNO/c1-5-6-12-14(9-18-10(2)3)19-16-13(17)8-7-11(4)15(12)16/h7-8,10,18H,5-6,9H2,1-4H3. The highest BCUT2D eigenvalue weighted by molar-refractivity contribution is 6.35. The van der Waals surface area contributed by atoms with Crippen LogP contribution in [0.15, 0.2) is 16.5 Å². The van der Waals surface area contributed by atoms with E-state index in [-0.39, 0.29) is 0 Å². The Hall–Kier alpha value is -0.990. The van der Waals surface area contributed by atoms with E-state index in [1.165, 1.54) is 16.5 Å². The van der Waals surface area contributed by atoms with Crippen LogP contribution in [0.4, 0.5) is 0 Å². The van der Waals surface area contributed by atoms with E-state index in [0.717, 1.165) is 30.7 Å². The van der Waals surface area contributed by atoms with Crippen molar-refractivity contribution >= 4 is 22.6 Å². The minimum Gasteiger partial charge on any atom is -0.458 e. The largest absolute Gasteiger partial charge is 0.458 e. The molecule has 0 atom stereocenters. The number of halogens is 1. The molecule has 3 heteroatoms. The molecular weight excluding hydrogens is 258 g/mol. The van der Waals surface area contributed by atoms with Crippen molar-refractivity contribution in [3.8, 4) is 0 Å². The summed E-state index contributed by atoms with van der Waals surface area (Å²) in [6, 6.07) is 4.43. The molecule has 0 aliphatic carbocycles. The number of furan rings is 1. The molecular formula is C16H22ClNO. The van der Waals surface area contributed by atoms with Crippen molar-refractivity contribution in [2.24, 2.45) is 0 Å². The lowest BCUT2D eigenvalue weighted by molar-refractivity contribution is 0.483. The Morgan fingerprint density at radius 3 is 2.68 bits per heavy atom. The van der Waals surface area contributed by atoms with Crippen LogP contribution in [0.2, 0.25) is 5.02 Å². The second kappa shape index (κ2) is 5.98. The summed E-state index contributed by atoms with van der Waals surface area (Å²) in [5.41, 5.74) is 3.39. The quantitative estimate of drug-likeness (QED) is 0.847. The van der Waals surface area contributed by atoms with Crippen molar-refractivity contribution in [2.45, 2.75) is 53.1 Å². The van der Waals surface area contributed by atoms with E-state index in [9.17, 15) is 0 Å². The van der Waals surface area contributed by atoms with E-state index >= 15 is 0 Å². The van der Waals surface area contributed by atoms with Gasteiger partial charge in [0.25, 0.3) is 0 Å². The van der Waals surface area contributed by atoms with Gasteiger partial charge in [0.2, 0.25) is 0 Å². The highest BCUT2D eigenvalue weighted by atomic mass is 35.5. The maximum Gasteiger partial charge on any atom is 0.153 e. The predicted molar refractivity (Wildman–Crippen MR) is 81.9 cm³/mol. The fraction of sp³-hybridized carbons (Fsp3) is 0.500. The van der Waals surface area contributed by atoms with Crippen molar-refractivity contribution in [3.05, 3.63) is 34.0 Å². The Kier molecular flexibility index (Phi) is 4.54. The van der Waals surface area contributed by atoms with Crippen LogP contribution in [0.5, 0.6) is 0 Å².